The van der Waals surface area contributed by atoms with Gasteiger partial charge in [-0.2, -0.15) is 25.3 Å². The number of hydrogen-bond donors (Lipinski definition) is 2. The fourth-order valence-corrected chi connectivity index (χ4v) is 1.25. The average molecular weight is 266 g/mol. The molecule has 0 unspecified atom stereocenters. The van der Waals surface area contributed by atoms with Crippen LogP contribution in [0, 0.1) is 0 Å². The Labute approximate surface area is 99.8 Å². The summed E-state index contributed by atoms with van der Waals surface area (Å²) in [6.07, 6.45) is 0. The lowest BCUT2D eigenvalue weighted by atomic mass is 10.8. The molecule has 0 aromatic carbocycles. The van der Waals surface area contributed by atoms with E-state index in [4.69, 9.17) is 0 Å². The average Bonchev–Trinajstić information content (AvgIpc) is 2.65. The van der Waals surface area contributed by atoms with Crippen molar-refractivity contribution in [2.75, 3.05) is 11.5 Å². The van der Waals surface area contributed by atoms with Crippen LogP contribution in [0.5, 0.6) is 10.4 Å². The Kier molecular flexibility index (Phi) is 4.85. The molecule has 0 saturated carbocycles. The second-order valence-electron chi connectivity index (χ2n) is 2.10. The van der Waals surface area contributed by atoms with Crippen LogP contribution in [0.3, 0.4) is 0 Å². The Morgan fingerprint density at radius 3 is 1.80 bits per heavy atom. The van der Waals surface area contributed by atoms with Crippen molar-refractivity contribution in [2.45, 2.75) is 0 Å². The van der Waals surface area contributed by atoms with Gasteiger partial charge in [-0.3, -0.25) is 9.59 Å². The van der Waals surface area contributed by atoms with Crippen molar-refractivity contribution in [1.29, 1.82) is 0 Å². The second-order valence-corrected chi connectivity index (χ2v) is 3.63. The van der Waals surface area contributed by atoms with Gasteiger partial charge in [0, 0.05) is 0 Å². The lowest BCUT2D eigenvalue weighted by Gasteiger charge is -1.94. The molecule has 1 aromatic rings. The van der Waals surface area contributed by atoms with Crippen LogP contribution in [0.1, 0.15) is 0 Å². The fraction of sp³-hybridized carbons (Fsp3) is 0.333. The number of carbonyl (C=O) groups excluding carboxylic acids is 2. The third-order valence-electron chi connectivity index (χ3n) is 1.05. The van der Waals surface area contributed by atoms with Gasteiger partial charge in [0.1, 0.15) is 0 Å². The van der Waals surface area contributed by atoms with Crippen LogP contribution in [-0.4, -0.2) is 33.6 Å². The van der Waals surface area contributed by atoms with Gasteiger partial charge in [0.2, 0.25) is 0 Å². The summed E-state index contributed by atoms with van der Waals surface area (Å²) < 4.78 is 9.36. The highest BCUT2D eigenvalue weighted by atomic mass is 32.1. The molecular weight excluding hydrogens is 260 g/mol. The van der Waals surface area contributed by atoms with Crippen molar-refractivity contribution in [2.24, 2.45) is 0 Å². The largest absolute Gasteiger partial charge is 0.396 e. The van der Waals surface area contributed by atoms with Crippen molar-refractivity contribution in [1.82, 2.24) is 10.2 Å². The molecule has 9 heteroatoms. The zero-order valence-electron chi connectivity index (χ0n) is 7.24. The number of ether oxygens (including phenoxy) is 2. The van der Waals surface area contributed by atoms with E-state index >= 15 is 0 Å². The van der Waals surface area contributed by atoms with Crippen molar-refractivity contribution in [3.8, 4) is 10.4 Å². The Morgan fingerprint density at radius 1 is 1.07 bits per heavy atom. The van der Waals surface area contributed by atoms with E-state index in [0.29, 0.717) is 0 Å². The van der Waals surface area contributed by atoms with E-state index in [1.165, 1.54) is 0 Å². The van der Waals surface area contributed by atoms with Crippen LogP contribution in [0.25, 0.3) is 0 Å². The molecule has 1 aromatic heterocycles. The van der Waals surface area contributed by atoms with Crippen LogP contribution in [-0.2, 0) is 9.59 Å². The second kappa shape index (κ2) is 5.93. The Balaban J connectivity index is 2.56. The lowest BCUT2D eigenvalue weighted by Crippen LogP contribution is -2.08. The van der Waals surface area contributed by atoms with Crippen molar-refractivity contribution in [3.63, 3.8) is 0 Å². The zero-order chi connectivity index (χ0) is 11.3. The first-order valence-corrected chi connectivity index (χ1v) is 5.70. The van der Waals surface area contributed by atoms with Crippen molar-refractivity contribution < 1.29 is 19.1 Å². The number of thiol groups is 2. The van der Waals surface area contributed by atoms with E-state index in [-0.39, 0.29) is 21.9 Å². The van der Waals surface area contributed by atoms with E-state index in [1.54, 1.807) is 0 Å². The van der Waals surface area contributed by atoms with Crippen LogP contribution >= 0.6 is 36.6 Å². The van der Waals surface area contributed by atoms with Gasteiger partial charge in [0.15, 0.2) is 0 Å². The van der Waals surface area contributed by atoms with Crippen LogP contribution in [0.4, 0.5) is 0 Å². The molecule has 0 radical (unpaired) electrons. The van der Waals surface area contributed by atoms with Gasteiger partial charge in [-0.15, -0.1) is 0 Å². The summed E-state index contributed by atoms with van der Waals surface area (Å²) in [6, 6.07) is 0. The van der Waals surface area contributed by atoms with Gasteiger partial charge >= 0.3 is 22.3 Å². The van der Waals surface area contributed by atoms with E-state index in [2.05, 4.69) is 44.9 Å². The molecule has 0 N–H and O–H groups in total. The maximum Gasteiger partial charge on any atom is 0.322 e. The molecule has 0 atom stereocenters. The van der Waals surface area contributed by atoms with Gasteiger partial charge in [-0.1, -0.05) is 10.2 Å². The first kappa shape index (κ1) is 12.3. The number of aromatic nitrogens is 2. The summed E-state index contributed by atoms with van der Waals surface area (Å²) in [4.78, 5) is 21.6. The molecule has 0 aliphatic rings. The van der Waals surface area contributed by atoms with Crippen LogP contribution in [0.15, 0.2) is 0 Å². The molecule has 15 heavy (non-hydrogen) atoms. The summed E-state index contributed by atoms with van der Waals surface area (Å²) in [6.45, 7) is 0. The van der Waals surface area contributed by atoms with Gasteiger partial charge in [-0.05, 0) is 11.3 Å². The Morgan fingerprint density at radius 2 is 1.47 bits per heavy atom. The molecule has 82 valence electrons. The highest BCUT2D eigenvalue weighted by molar-refractivity contribution is 7.81. The number of nitrogens with zero attached hydrogens (tertiary/aromatic N) is 2. The van der Waals surface area contributed by atoms with Gasteiger partial charge in [0.25, 0.3) is 0 Å². The summed E-state index contributed by atoms with van der Waals surface area (Å²) >= 11 is 8.26. The molecule has 0 aliphatic heterocycles. The van der Waals surface area contributed by atoms with Gasteiger partial charge < -0.3 is 9.47 Å². The molecule has 6 nitrogen and oxygen atoms in total. The molecule has 0 amide bonds. The molecule has 0 bridgehead atoms. The monoisotopic (exact) mass is 266 g/mol. The summed E-state index contributed by atoms with van der Waals surface area (Å²) in [5.41, 5.74) is 0. The summed E-state index contributed by atoms with van der Waals surface area (Å²) in [5, 5.41) is 6.98. The van der Waals surface area contributed by atoms with E-state index in [9.17, 15) is 9.59 Å². The fourth-order valence-electron chi connectivity index (χ4n) is 0.539. The third kappa shape index (κ3) is 4.06. The Bertz CT molecular complexity index is 335. The summed E-state index contributed by atoms with van der Waals surface area (Å²) in [5.74, 6) is -1.24. The topological polar surface area (TPSA) is 78.4 Å². The lowest BCUT2D eigenvalue weighted by molar-refractivity contribution is -0.132. The molecule has 0 fully saturated rings. The zero-order valence-corrected chi connectivity index (χ0v) is 9.85. The molecule has 0 saturated heterocycles. The predicted octanol–water partition coefficient (Wildman–Crippen LogP) is 0.209. The smallest absolute Gasteiger partial charge is 0.322 e. The number of esters is 2. The van der Waals surface area contributed by atoms with Crippen molar-refractivity contribution >= 4 is 48.5 Å². The quantitative estimate of drug-likeness (QED) is 0.599. The molecular formula is C6H6N2O4S3. The third-order valence-corrected chi connectivity index (χ3v) is 2.24. The highest BCUT2D eigenvalue weighted by Gasteiger charge is 2.12. The SMILES string of the molecule is O=C(CS)Oc1nnc(OC(=O)CS)s1. The van der Waals surface area contributed by atoms with Gasteiger partial charge in [-0.25, -0.2) is 0 Å². The van der Waals surface area contributed by atoms with E-state index < -0.39 is 11.9 Å². The minimum Gasteiger partial charge on any atom is -0.396 e. The summed E-state index contributed by atoms with van der Waals surface area (Å²) in [7, 11) is 0. The van der Waals surface area contributed by atoms with E-state index in [1.807, 2.05) is 0 Å². The van der Waals surface area contributed by atoms with Gasteiger partial charge in [0.05, 0.1) is 11.5 Å². The molecule has 1 heterocycles. The Hall–Kier alpha value is -0.800. The van der Waals surface area contributed by atoms with E-state index in [0.717, 1.165) is 11.3 Å². The molecule has 0 spiro atoms. The predicted molar refractivity (Wildman–Crippen MR) is 58.9 cm³/mol. The first-order chi connectivity index (χ1) is 7.15. The number of carbonyl (C=O) groups is 2. The van der Waals surface area contributed by atoms with Crippen LogP contribution < -0.4 is 9.47 Å². The number of hydrogen-bond acceptors (Lipinski definition) is 9. The highest BCUT2D eigenvalue weighted by Crippen LogP contribution is 2.24. The first-order valence-electron chi connectivity index (χ1n) is 3.62. The molecule has 1 rings (SSSR count). The minimum atomic E-state index is -0.554. The molecule has 0 aliphatic carbocycles. The minimum absolute atomic E-state index is 0.0102. The standard InChI is InChI=1S/C6H6N2O4S3/c9-3(1-13)11-5-7-8-6(15-5)12-4(10)2-14/h13-14H,1-2H2. The maximum atomic E-state index is 10.8. The van der Waals surface area contributed by atoms with Crippen LogP contribution in [0.2, 0.25) is 0 Å². The maximum absolute atomic E-state index is 10.8. The normalized spacial score (nSPS) is 9.73. The number of rotatable bonds is 4. The van der Waals surface area contributed by atoms with Crippen molar-refractivity contribution in [3.05, 3.63) is 0 Å².